The van der Waals surface area contributed by atoms with Crippen LogP contribution in [0, 0.1) is 16.7 Å². The first-order valence-corrected chi connectivity index (χ1v) is 9.84. The third-order valence-corrected chi connectivity index (χ3v) is 7.36. The molecule has 1 atom stereocenters. The van der Waals surface area contributed by atoms with Crippen LogP contribution in [0.25, 0.3) is 0 Å². The van der Waals surface area contributed by atoms with Gasteiger partial charge >= 0.3 is 0 Å². The second kappa shape index (κ2) is 6.60. The van der Waals surface area contributed by atoms with E-state index >= 15 is 0 Å². The summed E-state index contributed by atoms with van der Waals surface area (Å²) in [4.78, 5) is 0. The van der Waals surface area contributed by atoms with Crippen LogP contribution in [0.3, 0.4) is 0 Å². The monoisotopic (exact) mass is 297 g/mol. The minimum Gasteiger partial charge on any atom is -0.310 e. The highest BCUT2D eigenvalue weighted by atomic mass is 32.2. The van der Waals surface area contributed by atoms with Gasteiger partial charge in [-0.25, -0.2) is 0 Å². The Morgan fingerprint density at radius 2 is 1.80 bits per heavy atom. The molecular formula is C18H35NS. The van der Waals surface area contributed by atoms with E-state index in [2.05, 4.69) is 51.7 Å². The van der Waals surface area contributed by atoms with Crippen molar-refractivity contribution in [3.8, 4) is 0 Å². The standard InChI is InChI=1S/C18H35NS/c1-6-17(2,3)14-7-9-15(10-8-14)19-16-13-20-12-11-18(16,4)5/h14-16,19H,6-13H2,1-5H3. The summed E-state index contributed by atoms with van der Waals surface area (Å²) in [5.74, 6) is 3.61. The Kier molecular flexibility index (Phi) is 5.51. The van der Waals surface area contributed by atoms with E-state index in [4.69, 9.17) is 0 Å². The SMILES string of the molecule is CCC(C)(C)C1CCC(NC2CSCCC2(C)C)CC1. The van der Waals surface area contributed by atoms with E-state index in [0.29, 0.717) is 10.8 Å². The minimum atomic E-state index is 0.491. The summed E-state index contributed by atoms with van der Waals surface area (Å²) in [6.45, 7) is 12.2. The Labute approximate surface area is 131 Å². The van der Waals surface area contributed by atoms with Gasteiger partial charge in [0.2, 0.25) is 0 Å². The molecule has 1 aliphatic heterocycles. The predicted molar refractivity (Wildman–Crippen MR) is 92.5 cm³/mol. The summed E-state index contributed by atoms with van der Waals surface area (Å²) in [5, 5.41) is 4.02. The van der Waals surface area contributed by atoms with E-state index in [-0.39, 0.29) is 0 Å². The maximum absolute atomic E-state index is 4.02. The van der Waals surface area contributed by atoms with Gasteiger partial charge in [0, 0.05) is 17.8 Å². The molecule has 1 saturated carbocycles. The molecule has 2 fully saturated rings. The number of hydrogen-bond donors (Lipinski definition) is 1. The largest absolute Gasteiger partial charge is 0.310 e. The van der Waals surface area contributed by atoms with Gasteiger partial charge in [0.05, 0.1) is 0 Å². The average Bonchev–Trinajstić information content (AvgIpc) is 2.42. The lowest BCUT2D eigenvalue weighted by molar-refractivity contribution is 0.124. The fraction of sp³-hybridized carbons (Fsp3) is 1.00. The molecule has 1 aliphatic carbocycles. The summed E-state index contributed by atoms with van der Waals surface area (Å²) >= 11 is 2.14. The van der Waals surface area contributed by atoms with Gasteiger partial charge in [-0.1, -0.05) is 41.0 Å². The van der Waals surface area contributed by atoms with Crippen molar-refractivity contribution in [2.75, 3.05) is 11.5 Å². The molecule has 0 bridgehead atoms. The van der Waals surface area contributed by atoms with Gasteiger partial charge in [-0.3, -0.25) is 0 Å². The first-order chi connectivity index (χ1) is 9.35. The lowest BCUT2D eigenvalue weighted by Gasteiger charge is -2.44. The maximum Gasteiger partial charge on any atom is 0.0212 e. The molecule has 0 aromatic heterocycles. The van der Waals surface area contributed by atoms with Gasteiger partial charge in [0.25, 0.3) is 0 Å². The summed E-state index contributed by atoms with van der Waals surface area (Å²) in [6.07, 6.45) is 8.34. The fourth-order valence-electron chi connectivity index (χ4n) is 3.82. The van der Waals surface area contributed by atoms with E-state index in [1.807, 2.05) is 0 Å². The van der Waals surface area contributed by atoms with Gasteiger partial charge < -0.3 is 5.32 Å². The molecule has 0 spiro atoms. The van der Waals surface area contributed by atoms with Gasteiger partial charge in [-0.2, -0.15) is 11.8 Å². The van der Waals surface area contributed by atoms with Crippen LogP contribution in [0.1, 0.15) is 73.1 Å². The van der Waals surface area contributed by atoms with Gasteiger partial charge in [0.15, 0.2) is 0 Å². The van der Waals surface area contributed by atoms with E-state index in [1.54, 1.807) is 0 Å². The number of nitrogens with one attached hydrogen (secondary N) is 1. The quantitative estimate of drug-likeness (QED) is 0.774. The highest BCUT2D eigenvalue weighted by Gasteiger charge is 2.36. The molecular weight excluding hydrogens is 262 g/mol. The Bertz CT molecular complexity index is 303. The molecule has 2 rings (SSSR count). The van der Waals surface area contributed by atoms with E-state index in [1.165, 1.54) is 50.0 Å². The molecule has 1 saturated heterocycles. The van der Waals surface area contributed by atoms with E-state index in [9.17, 15) is 0 Å². The molecule has 1 heterocycles. The van der Waals surface area contributed by atoms with Crippen molar-refractivity contribution >= 4 is 11.8 Å². The summed E-state index contributed by atoms with van der Waals surface area (Å²) in [7, 11) is 0. The third-order valence-electron chi connectivity index (χ3n) is 6.30. The van der Waals surface area contributed by atoms with E-state index in [0.717, 1.165) is 18.0 Å². The summed E-state index contributed by atoms with van der Waals surface area (Å²) in [5.41, 5.74) is 1.04. The molecule has 0 aromatic rings. The van der Waals surface area contributed by atoms with Crippen molar-refractivity contribution in [3.63, 3.8) is 0 Å². The van der Waals surface area contributed by atoms with Crippen molar-refractivity contribution in [1.29, 1.82) is 0 Å². The zero-order valence-corrected chi connectivity index (χ0v) is 15.1. The molecule has 0 aromatic carbocycles. The molecule has 0 radical (unpaired) electrons. The Morgan fingerprint density at radius 1 is 1.15 bits per heavy atom. The zero-order chi connectivity index (χ0) is 14.8. The summed E-state index contributed by atoms with van der Waals surface area (Å²) in [6, 6.07) is 1.50. The van der Waals surface area contributed by atoms with Crippen molar-refractivity contribution < 1.29 is 0 Å². The van der Waals surface area contributed by atoms with Gasteiger partial charge in [0.1, 0.15) is 0 Å². The van der Waals surface area contributed by atoms with Crippen molar-refractivity contribution in [2.24, 2.45) is 16.7 Å². The van der Waals surface area contributed by atoms with Crippen molar-refractivity contribution in [1.82, 2.24) is 5.32 Å². The van der Waals surface area contributed by atoms with Crippen LogP contribution in [0.5, 0.6) is 0 Å². The van der Waals surface area contributed by atoms with Crippen molar-refractivity contribution in [2.45, 2.75) is 85.2 Å². The van der Waals surface area contributed by atoms with Crippen molar-refractivity contribution in [3.05, 3.63) is 0 Å². The van der Waals surface area contributed by atoms with Crippen LogP contribution in [-0.4, -0.2) is 23.6 Å². The molecule has 2 heteroatoms. The normalized spacial score (nSPS) is 35.0. The molecule has 118 valence electrons. The van der Waals surface area contributed by atoms with Gasteiger partial charge in [-0.15, -0.1) is 0 Å². The van der Waals surface area contributed by atoms with Crippen LogP contribution in [-0.2, 0) is 0 Å². The first kappa shape index (κ1) is 16.7. The number of hydrogen-bond acceptors (Lipinski definition) is 2. The molecule has 0 amide bonds. The predicted octanol–water partition coefficient (Wildman–Crippen LogP) is 5.10. The van der Waals surface area contributed by atoms with Crippen LogP contribution in [0.15, 0.2) is 0 Å². The second-order valence-electron chi connectivity index (χ2n) is 8.42. The molecule has 2 aliphatic rings. The fourth-order valence-corrected chi connectivity index (χ4v) is 5.44. The molecule has 1 N–H and O–H groups in total. The lowest BCUT2D eigenvalue weighted by Crippen LogP contribution is -2.51. The average molecular weight is 298 g/mol. The molecule has 1 nitrogen and oxygen atoms in total. The topological polar surface area (TPSA) is 12.0 Å². The zero-order valence-electron chi connectivity index (χ0n) is 14.3. The third kappa shape index (κ3) is 3.94. The lowest BCUT2D eigenvalue weighted by atomic mass is 9.68. The number of thioether (sulfide) groups is 1. The first-order valence-electron chi connectivity index (χ1n) is 8.69. The Morgan fingerprint density at radius 3 is 2.35 bits per heavy atom. The Hall–Kier alpha value is 0.310. The molecule has 20 heavy (non-hydrogen) atoms. The highest BCUT2D eigenvalue weighted by molar-refractivity contribution is 7.99. The maximum atomic E-state index is 4.02. The van der Waals surface area contributed by atoms with E-state index < -0.39 is 0 Å². The smallest absolute Gasteiger partial charge is 0.0212 e. The second-order valence-corrected chi connectivity index (χ2v) is 9.57. The Balaban J connectivity index is 1.82. The van der Waals surface area contributed by atoms with Crippen LogP contribution >= 0.6 is 11.8 Å². The number of rotatable bonds is 4. The summed E-state index contributed by atoms with van der Waals surface area (Å²) < 4.78 is 0. The van der Waals surface area contributed by atoms with Crippen LogP contribution in [0.4, 0.5) is 0 Å². The van der Waals surface area contributed by atoms with Crippen LogP contribution in [0.2, 0.25) is 0 Å². The van der Waals surface area contributed by atoms with Crippen LogP contribution < -0.4 is 5.32 Å². The van der Waals surface area contributed by atoms with Gasteiger partial charge in [-0.05, 0) is 54.6 Å². The highest BCUT2D eigenvalue weighted by Crippen LogP contribution is 2.41. The molecule has 1 unspecified atom stereocenters. The minimum absolute atomic E-state index is 0.491.